The van der Waals surface area contributed by atoms with E-state index >= 15 is 0 Å². The molecule has 0 aliphatic heterocycles. The Labute approximate surface area is 141 Å². The molecule has 1 fully saturated rings. The zero-order valence-corrected chi connectivity index (χ0v) is 14.5. The zero-order valence-electron chi connectivity index (χ0n) is 13.7. The Bertz CT molecular complexity index is 630. The first kappa shape index (κ1) is 16.1. The van der Waals surface area contributed by atoms with Crippen LogP contribution in [0.1, 0.15) is 41.9 Å². The minimum absolute atomic E-state index is 0.139. The van der Waals surface area contributed by atoms with Crippen LogP contribution in [0.3, 0.4) is 0 Å². The van der Waals surface area contributed by atoms with Crippen molar-refractivity contribution in [1.29, 1.82) is 0 Å². The molecule has 0 atom stereocenters. The van der Waals surface area contributed by atoms with Gasteiger partial charge in [-0.25, -0.2) is 0 Å². The smallest absolute Gasteiger partial charge is 0.254 e. The quantitative estimate of drug-likeness (QED) is 0.754. The van der Waals surface area contributed by atoms with Crippen LogP contribution in [0.15, 0.2) is 41.8 Å². The molecule has 0 saturated heterocycles. The summed E-state index contributed by atoms with van der Waals surface area (Å²) in [4.78, 5) is 16.2. The molecule has 0 N–H and O–H groups in total. The highest BCUT2D eigenvalue weighted by Gasteiger charge is 2.32. The predicted molar refractivity (Wildman–Crippen MR) is 94.3 cm³/mol. The molecule has 122 valence electrons. The third-order valence-corrected chi connectivity index (χ3v) is 4.84. The minimum Gasteiger partial charge on any atom is -0.491 e. The van der Waals surface area contributed by atoms with Gasteiger partial charge in [-0.05, 0) is 68.8 Å². The van der Waals surface area contributed by atoms with Gasteiger partial charge in [0, 0.05) is 23.0 Å². The lowest BCUT2D eigenvalue weighted by molar-refractivity contribution is 0.0745. The summed E-state index contributed by atoms with van der Waals surface area (Å²) in [6.45, 7) is 4.80. The number of carbonyl (C=O) groups excluding carboxylic acids is 1. The molecule has 1 saturated carbocycles. The van der Waals surface area contributed by atoms with Crippen molar-refractivity contribution in [3.63, 3.8) is 0 Å². The molecular formula is C19H23NO2S. The Kier molecular flexibility index (Phi) is 5.01. The van der Waals surface area contributed by atoms with Gasteiger partial charge in [0.25, 0.3) is 5.91 Å². The van der Waals surface area contributed by atoms with E-state index in [0.717, 1.165) is 37.1 Å². The molecule has 1 amide bonds. The van der Waals surface area contributed by atoms with E-state index in [1.165, 1.54) is 4.88 Å². The van der Waals surface area contributed by atoms with Crippen molar-refractivity contribution in [2.45, 2.75) is 45.3 Å². The van der Waals surface area contributed by atoms with Gasteiger partial charge in [-0.3, -0.25) is 4.79 Å². The van der Waals surface area contributed by atoms with E-state index in [-0.39, 0.29) is 12.0 Å². The van der Waals surface area contributed by atoms with E-state index in [9.17, 15) is 4.79 Å². The summed E-state index contributed by atoms with van der Waals surface area (Å²) < 4.78 is 5.64. The first-order valence-electron chi connectivity index (χ1n) is 8.23. The molecule has 1 aromatic heterocycles. The first-order chi connectivity index (χ1) is 11.1. The number of rotatable bonds is 7. The number of hydrogen-bond donors (Lipinski definition) is 0. The van der Waals surface area contributed by atoms with Crippen molar-refractivity contribution in [2.75, 3.05) is 6.54 Å². The van der Waals surface area contributed by atoms with Crippen LogP contribution in [-0.2, 0) is 6.42 Å². The Morgan fingerprint density at radius 1 is 1.26 bits per heavy atom. The lowest BCUT2D eigenvalue weighted by Gasteiger charge is -2.22. The first-order valence-corrected chi connectivity index (χ1v) is 9.11. The van der Waals surface area contributed by atoms with Gasteiger partial charge in [-0.2, -0.15) is 0 Å². The number of carbonyl (C=O) groups is 1. The van der Waals surface area contributed by atoms with E-state index in [1.54, 1.807) is 11.3 Å². The Morgan fingerprint density at radius 2 is 2.00 bits per heavy atom. The van der Waals surface area contributed by atoms with E-state index < -0.39 is 0 Å². The van der Waals surface area contributed by atoms with Crippen LogP contribution >= 0.6 is 11.3 Å². The third-order valence-electron chi connectivity index (χ3n) is 3.90. The second kappa shape index (κ2) is 7.18. The maximum absolute atomic E-state index is 12.8. The highest BCUT2D eigenvalue weighted by atomic mass is 32.1. The number of amides is 1. The molecule has 0 radical (unpaired) electrons. The average Bonchev–Trinajstić information content (AvgIpc) is 3.23. The van der Waals surface area contributed by atoms with Crippen LogP contribution in [0.25, 0.3) is 0 Å². The molecule has 0 spiro atoms. The van der Waals surface area contributed by atoms with Crippen molar-refractivity contribution < 1.29 is 9.53 Å². The van der Waals surface area contributed by atoms with Crippen molar-refractivity contribution in [1.82, 2.24) is 4.90 Å². The Balaban J connectivity index is 1.65. The van der Waals surface area contributed by atoms with Gasteiger partial charge in [0.15, 0.2) is 0 Å². The van der Waals surface area contributed by atoms with Crippen LogP contribution in [0.5, 0.6) is 5.75 Å². The highest BCUT2D eigenvalue weighted by molar-refractivity contribution is 7.09. The third kappa shape index (κ3) is 4.35. The lowest BCUT2D eigenvalue weighted by atomic mass is 10.1. The van der Waals surface area contributed by atoms with Crippen LogP contribution in [0.4, 0.5) is 0 Å². The molecule has 3 rings (SSSR count). The highest BCUT2D eigenvalue weighted by Crippen LogP contribution is 2.29. The number of benzene rings is 1. The summed E-state index contributed by atoms with van der Waals surface area (Å²) in [6, 6.07) is 12.2. The number of hydrogen-bond acceptors (Lipinski definition) is 3. The van der Waals surface area contributed by atoms with E-state index in [0.29, 0.717) is 6.04 Å². The molecule has 1 aliphatic carbocycles. The molecule has 1 aromatic carbocycles. The second-order valence-corrected chi connectivity index (χ2v) is 7.28. The van der Waals surface area contributed by atoms with Crippen LogP contribution < -0.4 is 4.74 Å². The average molecular weight is 329 g/mol. The Hall–Kier alpha value is -1.81. The van der Waals surface area contributed by atoms with Gasteiger partial charge in [0.1, 0.15) is 5.75 Å². The van der Waals surface area contributed by atoms with Crippen molar-refractivity contribution >= 4 is 17.2 Å². The fraction of sp³-hybridized carbons (Fsp3) is 0.421. The van der Waals surface area contributed by atoms with Crippen molar-refractivity contribution in [3.8, 4) is 5.75 Å². The van der Waals surface area contributed by atoms with Gasteiger partial charge in [-0.15, -0.1) is 11.3 Å². The molecule has 2 aromatic rings. The second-order valence-electron chi connectivity index (χ2n) is 6.25. The van der Waals surface area contributed by atoms with Crippen LogP contribution in [0.2, 0.25) is 0 Å². The fourth-order valence-corrected chi connectivity index (χ4v) is 3.33. The molecule has 23 heavy (non-hydrogen) atoms. The van der Waals surface area contributed by atoms with Gasteiger partial charge in [0.05, 0.1) is 6.10 Å². The lowest BCUT2D eigenvalue weighted by Crippen LogP contribution is -2.34. The van der Waals surface area contributed by atoms with E-state index in [2.05, 4.69) is 17.5 Å². The summed E-state index contributed by atoms with van der Waals surface area (Å²) in [7, 11) is 0. The summed E-state index contributed by atoms with van der Waals surface area (Å²) in [5, 5.41) is 2.09. The topological polar surface area (TPSA) is 29.5 Å². The number of ether oxygens (including phenoxy) is 1. The van der Waals surface area contributed by atoms with Crippen molar-refractivity contribution in [2.24, 2.45) is 0 Å². The molecule has 1 aliphatic rings. The molecule has 0 unspecified atom stereocenters. The monoisotopic (exact) mass is 329 g/mol. The zero-order chi connectivity index (χ0) is 16.2. The van der Waals surface area contributed by atoms with Crippen LogP contribution in [0, 0.1) is 0 Å². The maximum atomic E-state index is 12.8. The van der Waals surface area contributed by atoms with Crippen LogP contribution in [-0.4, -0.2) is 29.5 Å². The molecule has 0 bridgehead atoms. The van der Waals surface area contributed by atoms with E-state index in [1.807, 2.05) is 43.0 Å². The van der Waals surface area contributed by atoms with Gasteiger partial charge >= 0.3 is 0 Å². The largest absolute Gasteiger partial charge is 0.491 e. The SMILES string of the molecule is CC(C)Oc1ccc(C(=O)N(CCc2cccs2)C2CC2)cc1. The normalized spacial score (nSPS) is 14.0. The number of thiophene rings is 1. The molecule has 4 heteroatoms. The summed E-state index contributed by atoms with van der Waals surface area (Å²) in [5.74, 6) is 0.952. The summed E-state index contributed by atoms with van der Waals surface area (Å²) in [5.41, 5.74) is 0.749. The summed E-state index contributed by atoms with van der Waals surface area (Å²) >= 11 is 1.76. The van der Waals surface area contributed by atoms with E-state index in [4.69, 9.17) is 4.74 Å². The van der Waals surface area contributed by atoms with Crippen molar-refractivity contribution in [3.05, 3.63) is 52.2 Å². The summed E-state index contributed by atoms with van der Waals surface area (Å²) in [6.07, 6.45) is 3.34. The van der Waals surface area contributed by atoms with Gasteiger partial charge < -0.3 is 9.64 Å². The van der Waals surface area contributed by atoms with Gasteiger partial charge in [-0.1, -0.05) is 6.07 Å². The standard InChI is InChI=1S/C19H23NO2S/c1-14(2)22-17-9-5-15(6-10-17)19(21)20(16-7-8-16)12-11-18-4-3-13-23-18/h3-6,9-10,13-14,16H,7-8,11-12H2,1-2H3. The minimum atomic E-state index is 0.139. The van der Waals surface area contributed by atoms with Gasteiger partial charge in [0.2, 0.25) is 0 Å². The predicted octanol–water partition coefficient (Wildman–Crippen LogP) is 4.38. The molecular weight excluding hydrogens is 306 g/mol. The maximum Gasteiger partial charge on any atom is 0.254 e. The molecule has 3 nitrogen and oxygen atoms in total. The fourth-order valence-electron chi connectivity index (χ4n) is 2.64. The number of nitrogens with zero attached hydrogens (tertiary/aromatic N) is 1. The Morgan fingerprint density at radius 3 is 2.57 bits per heavy atom. The molecule has 1 heterocycles.